The SMILES string of the molecule is C=C(NCc1ccc(F)c(C(C)(F)F)c1)c1cc(C(=C)NC2CCc3c2ccc(CC)c3C)n2ncc(F)c2n1. The van der Waals surface area contributed by atoms with Crippen molar-refractivity contribution >= 4 is 17.0 Å². The predicted molar refractivity (Wildman–Crippen MR) is 149 cm³/mol. The number of nitrogens with zero attached hydrogens (tertiary/aromatic N) is 3. The van der Waals surface area contributed by atoms with Crippen molar-refractivity contribution < 1.29 is 17.6 Å². The largest absolute Gasteiger partial charge is 0.380 e. The molecule has 9 heteroatoms. The van der Waals surface area contributed by atoms with Gasteiger partial charge in [-0.3, -0.25) is 0 Å². The third-order valence-electron chi connectivity index (χ3n) is 7.59. The van der Waals surface area contributed by atoms with Crippen molar-refractivity contribution in [1.82, 2.24) is 25.2 Å². The second kappa shape index (κ2) is 10.4. The van der Waals surface area contributed by atoms with Crippen LogP contribution in [-0.4, -0.2) is 14.6 Å². The summed E-state index contributed by atoms with van der Waals surface area (Å²) >= 11 is 0. The maximum absolute atomic E-state index is 14.6. The summed E-state index contributed by atoms with van der Waals surface area (Å²) < 4.78 is 57.5. The topological polar surface area (TPSA) is 54.2 Å². The van der Waals surface area contributed by atoms with Gasteiger partial charge in [-0.2, -0.15) is 5.10 Å². The highest BCUT2D eigenvalue weighted by Crippen LogP contribution is 2.36. The average molecular weight is 550 g/mol. The molecule has 0 spiro atoms. The van der Waals surface area contributed by atoms with E-state index in [9.17, 15) is 17.6 Å². The van der Waals surface area contributed by atoms with E-state index in [0.717, 1.165) is 37.6 Å². The van der Waals surface area contributed by atoms with Crippen LogP contribution < -0.4 is 10.6 Å². The molecular formula is C31H31F4N5. The fourth-order valence-electron chi connectivity index (χ4n) is 5.37. The highest BCUT2D eigenvalue weighted by atomic mass is 19.3. The Morgan fingerprint density at radius 1 is 1.10 bits per heavy atom. The first-order valence-corrected chi connectivity index (χ1v) is 13.2. The molecule has 1 aliphatic carbocycles. The van der Waals surface area contributed by atoms with E-state index in [1.54, 1.807) is 6.07 Å². The molecule has 40 heavy (non-hydrogen) atoms. The number of aryl methyl sites for hydroxylation is 1. The molecule has 2 aromatic heterocycles. The van der Waals surface area contributed by atoms with Gasteiger partial charge in [0.05, 0.1) is 40.6 Å². The first-order chi connectivity index (χ1) is 19.0. The van der Waals surface area contributed by atoms with E-state index in [2.05, 4.69) is 59.9 Å². The summed E-state index contributed by atoms with van der Waals surface area (Å²) in [6, 6.07) is 9.63. The number of nitrogens with one attached hydrogen (secondary N) is 2. The van der Waals surface area contributed by atoms with Crippen LogP contribution in [0.4, 0.5) is 17.6 Å². The summed E-state index contributed by atoms with van der Waals surface area (Å²) in [6.07, 6.45) is 3.94. The maximum Gasteiger partial charge on any atom is 0.273 e. The van der Waals surface area contributed by atoms with Crippen molar-refractivity contribution in [3.8, 4) is 0 Å². The first kappa shape index (κ1) is 27.4. The zero-order valence-electron chi connectivity index (χ0n) is 22.7. The number of aromatic nitrogens is 3. The fourth-order valence-corrected chi connectivity index (χ4v) is 5.37. The summed E-state index contributed by atoms with van der Waals surface area (Å²) in [5.41, 5.74) is 6.75. The number of fused-ring (bicyclic) bond motifs is 2. The normalized spacial score (nSPS) is 14.8. The Morgan fingerprint density at radius 3 is 2.60 bits per heavy atom. The molecule has 1 unspecified atom stereocenters. The Bertz CT molecular complexity index is 1630. The van der Waals surface area contributed by atoms with Gasteiger partial charge in [0.25, 0.3) is 5.92 Å². The molecule has 4 aromatic rings. The Morgan fingerprint density at radius 2 is 1.88 bits per heavy atom. The Hall–Kier alpha value is -4.14. The lowest BCUT2D eigenvalue weighted by Gasteiger charge is -2.20. The van der Waals surface area contributed by atoms with E-state index in [1.807, 2.05) is 0 Å². The Kier molecular flexibility index (Phi) is 7.16. The van der Waals surface area contributed by atoms with E-state index >= 15 is 0 Å². The van der Waals surface area contributed by atoms with Gasteiger partial charge in [0, 0.05) is 13.5 Å². The van der Waals surface area contributed by atoms with Crippen LogP contribution in [0.25, 0.3) is 17.0 Å². The van der Waals surface area contributed by atoms with Crippen molar-refractivity contribution in [2.75, 3.05) is 0 Å². The molecule has 0 bridgehead atoms. The lowest BCUT2D eigenvalue weighted by Crippen LogP contribution is -2.20. The second-order valence-corrected chi connectivity index (χ2v) is 10.3. The van der Waals surface area contributed by atoms with E-state index in [0.29, 0.717) is 35.3 Å². The van der Waals surface area contributed by atoms with Gasteiger partial charge in [0.15, 0.2) is 11.5 Å². The highest BCUT2D eigenvalue weighted by Gasteiger charge is 2.29. The van der Waals surface area contributed by atoms with Gasteiger partial charge >= 0.3 is 0 Å². The van der Waals surface area contributed by atoms with Crippen LogP contribution >= 0.6 is 0 Å². The zero-order valence-corrected chi connectivity index (χ0v) is 22.7. The third kappa shape index (κ3) is 5.08. The van der Waals surface area contributed by atoms with Crippen molar-refractivity contribution in [1.29, 1.82) is 0 Å². The van der Waals surface area contributed by atoms with Crippen LogP contribution in [0.2, 0.25) is 0 Å². The Labute approximate surface area is 230 Å². The molecule has 208 valence electrons. The molecule has 0 saturated heterocycles. The lowest BCUT2D eigenvalue weighted by molar-refractivity contribution is 0.0137. The van der Waals surface area contributed by atoms with Gasteiger partial charge in [-0.15, -0.1) is 0 Å². The molecule has 2 aromatic carbocycles. The summed E-state index contributed by atoms with van der Waals surface area (Å²) in [5, 5.41) is 10.7. The Balaban J connectivity index is 1.39. The summed E-state index contributed by atoms with van der Waals surface area (Å²) in [4.78, 5) is 4.37. The number of hydrogen-bond donors (Lipinski definition) is 2. The predicted octanol–water partition coefficient (Wildman–Crippen LogP) is 7.00. The van der Waals surface area contributed by atoms with Crippen LogP contribution in [0, 0.1) is 18.6 Å². The molecule has 2 N–H and O–H groups in total. The molecule has 2 heterocycles. The van der Waals surface area contributed by atoms with E-state index < -0.39 is 23.1 Å². The van der Waals surface area contributed by atoms with Crippen molar-refractivity contribution in [3.05, 3.63) is 112 Å². The minimum absolute atomic E-state index is 0.00310. The molecular weight excluding hydrogens is 518 g/mol. The molecule has 0 amide bonds. The number of benzene rings is 2. The molecule has 0 aliphatic heterocycles. The van der Waals surface area contributed by atoms with Crippen LogP contribution in [0.15, 0.2) is 55.8 Å². The zero-order chi connectivity index (χ0) is 28.8. The van der Waals surface area contributed by atoms with Crippen molar-refractivity contribution in [3.63, 3.8) is 0 Å². The van der Waals surface area contributed by atoms with E-state index in [1.165, 1.54) is 32.8 Å². The molecule has 1 atom stereocenters. The summed E-state index contributed by atoms with van der Waals surface area (Å²) in [6.45, 7) is 13.3. The van der Waals surface area contributed by atoms with Gasteiger partial charge in [-0.05, 0) is 72.2 Å². The molecule has 5 rings (SSSR count). The minimum atomic E-state index is -3.32. The average Bonchev–Trinajstić information content (AvgIpc) is 3.50. The maximum atomic E-state index is 14.6. The van der Waals surface area contributed by atoms with E-state index in [4.69, 9.17) is 0 Å². The van der Waals surface area contributed by atoms with Crippen molar-refractivity contribution in [2.45, 2.75) is 58.5 Å². The highest BCUT2D eigenvalue weighted by molar-refractivity contribution is 5.68. The van der Waals surface area contributed by atoms with Crippen molar-refractivity contribution in [2.24, 2.45) is 0 Å². The third-order valence-corrected chi connectivity index (χ3v) is 7.59. The molecule has 1 aliphatic rings. The van der Waals surface area contributed by atoms with Crippen LogP contribution in [0.5, 0.6) is 0 Å². The number of rotatable bonds is 9. The lowest BCUT2D eigenvalue weighted by atomic mass is 9.96. The van der Waals surface area contributed by atoms with Crippen LogP contribution in [0.3, 0.4) is 0 Å². The summed E-state index contributed by atoms with van der Waals surface area (Å²) in [5.74, 6) is -4.90. The van der Waals surface area contributed by atoms with Gasteiger partial charge in [0.1, 0.15) is 5.82 Å². The number of halogens is 4. The van der Waals surface area contributed by atoms with Gasteiger partial charge in [-0.25, -0.2) is 27.1 Å². The van der Waals surface area contributed by atoms with Gasteiger partial charge in [-0.1, -0.05) is 38.3 Å². The number of alkyl halides is 2. The standard InChI is InChI=1S/C31H31F4N5/c1-6-21-8-9-23-22(17(21)2)10-12-27(23)38-19(4)29-14-28(39-30-26(33)16-37-40(29)30)18(3)36-15-20-7-11-25(32)24(13-20)31(5,34)35/h7-9,11,13-14,16,27,36,38H,3-4,6,10,12,15H2,1-2,5H3. The van der Waals surface area contributed by atoms with Gasteiger partial charge in [0.2, 0.25) is 0 Å². The van der Waals surface area contributed by atoms with Crippen LogP contribution in [-0.2, 0) is 25.3 Å². The molecule has 0 saturated carbocycles. The van der Waals surface area contributed by atoms with Gasteiger partial charge < -0.3 is 10.6 Å². The quantitative estimate of drug-likeness (QED) is 0.221. The van der Waals surface area contributed by atoms with Crippen LogP contribution in [0.1, 0.15) is 71.1 Å². The smallest absolute Gasteiger partial charge is 0.273 e. The fraction of sp³-hybridized carbons (Fsp3) is 0.290. The monoisotopic (exact) mass is 549 g/mol. The first-order valence-electron chi connectivity index (χ1n) is 13.2. The molecule has 0 radical (unpaired) electrons. The molecule has 5 nitrogen and oxygen atoms in total. The minimum Gasteiger partial charge on any atom is -0.380 e. The number of hydrogen-bond acceptors (Lipinski definition) is 4. The molecule has 0 fully saturated rings. The second-order valence-electron chi connectivity index (χ2n) is 10.3. The summed E-state index contributed by atoms with van der Waals surface area (Å²) in [7, 11) is 0. The van der Waals surface area contributed by atoms with E-state index in [-0.39, 0.29) is 18.2 Å².